The smallest absolute Gasteiger partial charge is 0.216 e. The van der Waals surface area contributed by atoms with Crippen LogP contribution in [0, 0.1) is 0 Å². The zero-order valence-electron chi connectivity index (χ0n) is 5.94. The zero-order valence-corrected chi connectivity index (χ0v) is 6.76. The lowest BCUT2D eigenvalue weighted by molar-refractivity contribution is 0.396. The molecule has 2 N–H and O–H groups in total. The van der Waals surface area contributed by atoms with E-state index in [0.29, 0.717) is 11.6 Å². The van der Waals surface area contributed by atoms with E-state index in [0.717, 1.165) is 0 Å². The van der Waals surface area contributed by atoms with Crippen molar-refractivity contribution in [2.75, 3.05) is 7.11 Å². The Morgan fingerprint density at radius 2 is 2.36 bits per heavy atom. The van der Waals surface area contributed by atoms with Crippen LogP contribution in [0.5, 0.6) is 5.88 Å². The molecule has 0 fully saturated rings. The van der Waals surface area contributed by atoms with E-state index in [4.69, 9.17) is 22.7 Å². The van der Waals surface area contributed by atoms with Crippen LogP contribution < -0.4 is 10.5 Å². The quantitative estimate of drug-likeness (QED) is 0.637. The third kappa shape index (κ3) is 1.84. The maximum absolute atomic E-state index is 5.32. The molecule has 0 atom stereocenters. The molecule has 1 rings (SSSR count). The van der Waals surface area contributed by atoms with Crippen molar-refractivity contribution in [3.63, 3.8) is 0 Å². The number of methoxy groups -OCH3 is 1. The highest BCUT2D eigenvalue weighted by Crippen LogP contribution is 2.04. The van der Waals surface area contributed by atoms with E-state index >= 15 is 0 Å². The zero-order chi connectivity index (χ0) is 8.27. The lowest BCUT2D eigenvalue weighted by atomic mass is 10.4. The largest absolute Gasteiger partial charge is 0.481 e. The van der Waals surface area contributed by atoms with Gasteiger partial charge in [-0.15, -0.1) is 0 Å². The molecule has 0 spiro atoms. The number of thiocarbonyl (C=S) groups is 1. The van der Waals surface area contributed by atoms with Gasteiger partial charge in [0.1, 0.15) is 17.0 Å². The number of ether oxygens (including phenoxy) is 1. The van der Waals surface area contributed by atoms with Crippen molar-refractivity contribution in [1.82, 2.24) is 9.97 Å². The molecular weight excluding hydrogens is 162 g/mol. The maximum atomic E-state index is 5.32. The van der Waals surface area contributed by atoms with Crippen LogP contribution in [-0.4, -0.2) is 22.1 Å². The molecular formula is C6H7N3OS. The SMILES string of the molecule is COc1cc(C(N)=S)ncn1. The molecule has 0 saturated heterocycles. The molecule has 0 aromatic carbocycles. The molecule has 0 bridgehead atoms. The molecule has 0 saturated carbocycles. The first-order chi connectivity index (χ1) is 5.24. The Balaban J connectivity index is 3.01. The summed E-state index contributed by atoms with van der Waals surface area (Å²) in [7, 11) is 1.52. The molecule has 0 aliphatic carbocycles. The van der Waals surface area contributed by atoms with Gasteiger partial charge in [0.15, 0.2) is 0 Å². The average Bonchev–Trinajstić information content (AvgIpc) is 2.05. The number of nitrogens with two attached hydrogens (primary N) is 1. The summed E-state index contributed by atoms with van der Waals surface area (Å²) in [6.45, 7) is 0. The minimum atomic E-state index is 0.241. The van der Waals surface area contributed by atoms with Gasteiger partial charge in [-0.05, 0) is 0 Å². The summed E-state index contributed by atoms with van der Waals surface area (Å²) in [4.78, 5) is 7.86. The summed E-state index contributed by atoms with van der Waals surface area (Å²) in [6.07, 6.45) is 1.35. The summed E-state index contributed by atoms with van der Waals surface area (Å²) < 4.78 is 4.84. The van der Waals surface area contributed by atoms with Gasteiger partial charge in [0.2, 0.25) is 5.88 Å². The van der Waals surface area contributed by atoms with Crippen LogP contribution in [0.15, 0.2) is 12.4 Å². The highest BCUT2D eigenvalue weighted by molar-refractivity contribution is 7.80. The van der Waals surface area contributed by atoms with Crippen LogP contribution in [0.2, 0.25) is 0 Å². The predicted molar refractivity (Wildman–Crippen MR) is 44.5 cm³/mol. The number of rotatable bonds is 2. The monoisotopic (exact) mass is 169 g/mol. The summed E-state index contributed by atoms with van der Waals surface area (Å²) in [5, 5.41) is 0. The topological polar surface area (TPSA) is 61.0 Å². The Morgan fingerprint density at radius 3 is 2.91 bits per heavy atom. The van der Waals surface area contributed by atoms with Crippen molar-refractivity contribution in [2.24, 2.45) is 5.73 Å². The molecule has 11 heavy (non-hydrogen) atoms. The van der Waals surface area contributed by atoms with E-state index in [-0.39, 0.29) is 4.99 Å². The van der Waals surface area contributed by atoms with Crippen molar-refractivity contribution in [3.05, 3.63) is 18.1 Å². The molecule has 1 heterocycles. The molecule has 4 nitrogen and oxygen atoms in total. The van der Waals surface area contributed by atoms with Gasteiger partial charge in [0.25, 0.3) is 0 Å². The Hall–Kier alpha value is -1.23. The fourth-order valence-electron chi connectivity index (χ4n) is 0.586. The van der Waals surface area contributed by atoms with Gasteiger partial charge >= 0.3 is 0 Å². The van der Waals surface area contributed by atoms with Gasteiger partial charge in [-0.25, -0.2) is 9.97 Å². The Labute approximate surface area is 69.4 Å². The van der Waals surface area contributed by atoms with E-state index in [2.05, 4.69) is 9.97 Å². The second kappa shape index (κ2) is 3.25. The Kier molecular flexibility index (Phi) is 2.32. The molecule has 1 aromatic rings. The fraction of sp³-hybridized carbons (Fsp3) is 0.167. The van der Waals surface area contributed by atoms with Crippen LogP contribution >= 0.6 is 12.2 Å². The number of nitrogens with zero attached hydrogens (tertiary/aromatic N) is 2. The van der Waals surface area contributed by atoms with E-state index < -0.39 is 0 Å². The van der Waals surface area contributed by atoms with Crippen molar-refractivity contribution < 1.29 is 4.74 Å². The minimum Gasteiger partial charge on any atom is -0.481 e. The van der Waals surface area contributed by atoms with Gasteiger partial charge in [-0.1, -0.05) is 12.2 Å². The summed E-state index contributed by atoms with van der Waals surface area (Å²) in [6, 6.07) is 1.59. The van der Waals surface area contributed by atoms with Gasteiger partial charge in [-0.3, -0.25) is 0 Å². The van der Waals surface area contributed by atoms with E-state index in [1.807, 2.05) is 0 Å². The average molecular weight is 169 g/mol. The highest BCUT2D eigenvalue weighted by atomic mass is 32.1. The lowest BCUT2D eigenvalue weighted by Crippen LogP contribution is -2.11. The first-order valence-electron chi connectivity index (χ1n) is 2.90. The molecule has 0 aliphatic heterocycles. The van der Waals surface area contributed by atoms with Crippen molar-refractivity contribution in [2.45, 2.75) is 0 Å². The molecule has 1 aromatic heterocycles. The first kappa shape index (κ1) is 7.87. The van der Waals surface area contributed by atoms with Crippen molar-refractivity contribution >= 4 is 17.2 Å². The normalized spacial score (nSPS) is 9.18. The summed E-state index contributed by atoms with van der Waals surface area (Å²) >= 11 is 4.70. The summed E-state index contributed by atoms with van der Waals surface area (Å²) in [5.41, 5.74) is 5.84. The molecule has 0 aliphatic rings. The van der Waals surface area contributed by atoms with E-state index in [1.54, 1.807) is 6.07 Å². The molecule has 5 heteroatoms. The molecule has 0 radical (unpaired) electrons. The number of hydrogen-bond acceptors (Lipinski definition) is 4. The second-order valence-corrected chi connectivity index (χ2v) is 2.25. The van der Waals surface area contributed by atoms with Crippen LogP contribution in [0.3, 0.4) is 0 Å². The Morgan fingerprint density at radius 1 is 1.64 bits per heavy atom. The van der Waals surface area contributed by atoms with Crippen LogP contribution in [0.25, 0.3) is 0 Å². The second-order valence-electron chi connectivity index (χ2n) is 1.81. The maximum Gasteiger partial charge on any atom is 0.216 e. The van der Waals surface area contributed by atoms with Crippen LogP contribution in [-0.2, 0) is 0 Å². The molecule has 0 amide bonds. The highest BCUT2D eigenvalue weighted by Gasteiger charge is 1.99. The molecule has 0 unspecified atom stereocenters. The number of aromatic nitrogens is 2. The molecule has 58 valence electrons. The van der Waals surface area contributed by atoms with Crippen molar-refractivity contribution in [1.29, 1.82) is 0 Å². The summed E-state index contributed by atoms with van der Waals surface area (Å²) in [5.74, 6) is 0.461. The van der Waals surface area contributed by atoms with Gasteiger partial charge in [-0.2, -0.15) is 0 Å². The van der Waals surface area contributed by atoms with Gasteiger partial charge in [0, 0.05) is 6.07 Å². The van der Waals surface area contributed by atoms with E-state index in [9.17, 15) is 0 Å². The predicted octanol–water partition coefficient (Wildman–Crippen LogP) is 0.119. The number of hydrogen-bond donors (Lipinski definition) is 1. The van der Waals surface area contributed by atoms with Crippen LogP contribution in [0.1, 0.15) is 5.69 Å². The third-order valence-corrected chi connectivity index (χ3v) is 1.31. The lowest BCUT2D eigenvalue weighted by Gasteiger charge is -1.99. The van der Waals surface area contributed by atoms with E-state index in [1.165, 1.54) is 13.4 Å². The van der Waals surface area contributed by atoms with Gasteiger partial charge in [0.05, 0.1) is 7.11 Å². The van der Waals surface area contributed by atoms with Crippen LogP contribution in [0.4, 0.5) is 0 Å². The first-order valence-corrected chi connectivity index (χ1v) is 3.30. The van der Waals surface area contributed by atoms with Crippen molar-refractivity contribution in [3.8, 4) is 5.88 Å². The standard InChI is InChI=1S/C6H7N3OS/c1-10-5-2-4(6(7)11)8-3-9-5/h2-3H,1H3,(H2,7,11). The minimum absolute atomic E-state index is 0.241. The fourth-order valence-corrected chi connectivity index (χ4v) is 0.697. The van der Waals surface area contributed by atoms with Gasteiger partial charge < -0.3 is 10.5 Å². The Bertz CT molecular complexity index is 276. The third-order valence-electron chi connectivity index (χ3n) is 1.10.